The number of hydrogen-bond donors (Lipinski definition) is 0. The maximum Gasteiger partial charge on any atom is 0.169 e. The SMILES string of the molecule is C=C1CC[C@@]2(C=CC(OC)=CC2=O)C1. The largest absolute Gasteiger partial charge is 0.497 e. The molecule has 0 aliphatic heterocycles. The Kier molecular flexibility index (Phi) is 2.06. The summed E-state index contributed by atoms with van der Waals surface area (Å²) in [6.07, 6.45) is 8.13. The zero-order chi connectivity index (χ0) is 10.2. The first kappa shape index (κ1) is 9.25. The van der Waals surface area contributed by atoms with Crippen molar-refractivity contribution in [2.24, 2.45) is 5.41 Å². The van der Waals surface area contributed by atoms with Crippen molar-refractivity contribution in [1.82, 2.24) is 0 Å². The van der Waals surface area contributed by atoms with E-state index in [1.165, 1.54) is 5.57 Å². The zero-order valence-corrected chi connectivity index (χ0v) is 8.38. The van der Waals surface area contributed by atoms with E-state index in [9.17, 15) is 4.79 Å². The van der Waals surface area contributed by atoms with Gasteiger partial charge in [-0.15, -0.1) is 0 Å². The van der Waals surface area contributed by atoms with Crippen LogP contribution >= 0.6 is 0 Å². The Balaban J connectivity index is 2.26. The van der Waals surface area contributed by atoms with Crippen LogP contribution in [0, 0.1) is 5.41 Å². The molecule has 14 heavy (non-hydrogen) atoms. The van der Waals surface area contributed by atoms with Crippen LogP contribution in [0.15, 0.2) is 36.1 Å². The van der Waals surface area contributed by atoms with Gasteiger partial charge in [0.05, 0.1) is 12.5 Å². The Morgan fingerprint density at radius 2 is 2.36 bits per heavy atom. The molecule has 0 unspecified atom stereocenters. The lowest BCUT2D eigenvalue weighted by Crippen LogP contribution is -2.26. The van der Waals surface area contributed by atoms with Gasteiger partial charge >= 0.3 is 0 Å². The maximum absolute atomic E-state index is 11.9. The fourth-order valence-electron chi connectivity index (χ4n) is 2.15. The van der Waals surface area contributed by atoms with Crippen molar-refractivity contribution >= 4 is 5.78 Å². The Hall–Kier alpha value is -1.31. The third-order valence-electron chi connectivity index (χ3n) is 3.06. The average Bonchev–Trinajstić information content (AvgIpc) is 2.54. The number of carbonyl (C=O) groups excluding carboxylic acids is 1. The highest BCUT2D eigenvalue weighted by Gasteiger charge is 2.40. The molecule has 1 saturated carbocycles. The lowest BCUT2D eigenvalue weighted by Gasteiger charge is -2.24. The molecule has 74 valence electrons. The monoisotopic (exact) mass is 190 g/mol. The first-order valence-electron chi connectivity index (χ1n) is 4.82. The van der Waals surface area contributed by atoms with Gasteiger partial charge in [0.15, 0.2) is 5.78 Å². The van der Waals surface area contributed by atoms with E-state index in [2.05, 4.69) is 6.58 Å². The molecule has 0 heterocycles. The van der Waals surface area contributed by atoms with Crippen LogP contribution in [0.1, 0.15) is 19.3 Å². The number of ether oxygens (including phenoxy) is 1. The summed E-state index contributed by atoms with van der Waals surface area (Å²) in [5.41, 5.74) is 0.885. The van der Waals surface area contributed by atoms with Crippen molar-refractivity contribution in [2.75, 3.05) is 7.11 Å². The number of rotatable bonds is 1. The fraction of sp³-hybridized carbons (Fsp3) is 0.417. The zero-order valence-electron chi connectivity index (χ0n) is 8.38. The minimum atomic E-state index is -0.293. The summed E-state index contributed by atoms with van der Waals surface area (Å²) in [4.78, 5) is 11.9. The third-order valence-corrected chi connectivity index (χ3v) is 3.06. The summed E-state index contributed by atoms with van der Waals surface area (Å²) in [5.74, 6) is 0.814. The molecule has 0 aromatic heterocycles. The van der Waals surface area contributed by atoms with E-state index in [0.717, 1.165) is 19.3 Å². The number of methoxy groups -OCH3 is 1. The van der Waals surface area contributed by atoms with Crippen molar-refractivity contribution in [3.8, 4) is 0 Å². The highest BCUT2D eigenvalue weighted by Crippen LogP contribution is 2.44. The fourth-order valence-corrected chi connectivity index (χ4v) is 2.15. The van der Waals surface area contributed by atoms with Crippen molar-refractivity contribution < 1.29 is 9.53 Å². The summed E-state index contributed by atoms with van der Waals surface area (Å²) in [5, 5.41) is 0. The van der Waals surface area contributed by atoms with E-state index in [-0.39, 0.29) is 11.2 Å². The van der Waals surface area contributed by atoms with Crippen LogP contribution in [0.4, 0.5) is 0 Å². The summed E-state index contributed by atoms with van der Waals surface area (Å²) < 4.78 is 5.02. The topological polar surface area (TPSA) is 26.3 Å². The van der Waals surface area contributed by atoms with Crippen LogP contribution in [-0.2, 0) is 9.53 Å². The van der Waals surface area contributed by atoms with E-state index < -0.39 is 0 Å². The van der Waals surface area contributed by atoms with Gasteiger partial charge in [-0.2, -0.15) is 0 Å². The standard InChI is InChI=1S/C12H14O2/c1-9-3-5-12(8-9)6-4-10(14-2)7-11(12)13/h4,6-7H,1,3,5,8H2,2H3/t12-/m1/s1. The Morgan fingerprint density at radius 1 is 1.57 bits per heavy atom. The van der Waals surface area contributed by atoms with Crippen molar-refractivity contribution in [3.63, 3.8) is 0 Å². The van der Waals surface area contributed by atoms with Gasteiger partial charge < -0.3 is 4.74 Å². The predicted octanol–water partition coefficient (Wildman–Crippen LogP) is 2.38. The van der Waals surface area contributed by atoms with Gasteiger partial charge in [-0.3, -0.25) is 4.79 Å². The summed E-state index contributed by atoms with van der Waals surface area (Å²) in [7, 11) is 1.58. The first-order valence-corrected chi connectivity index (χ1v) is 4.82. The van der Waals surface area contributed by atoms with Gasteiger partial charge in [-0.05, 0) is 25.3 Å². The molecule has 0 amide bonds. The Labute approximate surface area is 83.9 Å². The molecule has 0 aromatic rings. The van der Waals surface area contributed by atoms with E-state index in [1.807, 2.05) is 12.2 Å². The minimum Gasteiger partial charge on any atom is -0.497 e. The van der Waals surface area contributed by atoms with Crippen LogP contribution < -0.4 is 0 Å². The van der Waals surface area contributed by atoms with E-state index in [1.54, 1.807) is 13.2 Å². The molecule has 0 aromatic carbocycles. The molecule has 0 saturated heterocycles. The molecule has 1 atom stereocenters. The van der Waals surface area contributed by atoms with Gasteiger partial charge in [-0.25, -0.2) is 0 Å². The normalized spacial score (nSPS) is 31.1. The average molecular weight is 190 g/mol. The van der Waals surface area contributed by atoms with Crippen molar-refractivity contribution in [1.29, 1.82) is 0 Å². The molecule has 2 aliphatic carbocycles. The smallest absolute Gasteiger partial charge is 0.169 e. The van der Waals surface area contributed by atoms with Crippen LogP contribution in [-0.4, -0.2) is 12.9 Å². The van der Waals surface area contributed by atoms with E-state index in [0.29, 0.717) is 5.76 Å². The van der Waals surface area contributed by atoms with Crippen LogP contribution in [0.25, 0.3) is 0 Å². The van der Waals surface area contributed by atoms with Gasteiger partial charge in [0, 0.05) is 6.08 Å². The lowest BCUT2D eigenvalue weighted by molar-refractivity contribution is -0.121. The second kappa shape index (κ2) is 3.12. The quantitative estimate of drug-likeness (QED) is 0.593. The first-order chi connectivity index (χ1) is 6.66. The number of allylic oxidation sites excluding steroid dienone is 4. The highest BCUT2D eigenvalue weighted by molar-refractivity contribution is 5.98. The molecular weight excluding hydrogens is 176 g/mol. The summed E-state index contributed by atoms with van der Waals surface area (Å²) in [6.45, 7) is 3.94. The van der Waals surface area contributed by atoms with Gasteiger partial charge in [-0.1, -0.05) is 18.2 Å². The molecule has 0 radical (unpaired) electrons. The molecule has 0 N–H and O–H groups in total. The van der Waals surface area contributed by atoms with Gasteiger partial charge in [0.25, 0.3) is 0 Å². The molecule has 1 fully saturated rings. The Bertz CT molecular complexity index is 349. The number of hydrogen-bond acceptors (Lipinski definition) is 2. The molecular formula is C12H14O2. The summed E-state index contributed by atoms with van der Waals surface area (Å²) in [6, 6.07) is 0. The van der Waals surface area contributed by atoms with Crippen molar-refractivity contribution in [3.05, 3.63) is 36.1 Å². The third kappa shape index (κ3) is 1.31. The van der Waals surface area contributed by atoms with E-state index >= 15 is 0 Å². The number of carbonyl (C=O) groups is 1. The Morgan fingerprint density at radius 3 is 2.86 bits per heavy atom. The molecule has 2 aliphatic rings. The highest BCUT2D eigenvalue weighted by atomic mass is 16.5. The molecule has 2 rings (SSSR count). The van der Waals surface area contributed by atoms with Gasteiger partial charge in [0.2, 0.25) is 0 Å². The summed E-state index contributed by atoms with van der Waals surface area (Å²) >= 11 is 0. The maximum atomic E-state index is 11.9. The van der Waals surface area contributed by atoms with Crippen LogP contribution in [0.2, 0.25) is 0 Å². The number of ketones is 1. The molecule has 2 heteroatoms. The van der Waals surface area contributed by atoms with Crippen LogP contribution in [0.3, 0.4) is 0 Å². The minimum absolute atomic E-state index is 0.163. The lowest BCUT2D eigenvalue weighted by atomic mass is 9.78. The molecule has 0 bridgehead atoms. The predicted molar refractivity (Wildman–Crippen MR) is 54.7 cm³/mol. The second-order valence-corrected chi connectivity index (χ2v) is 4.03. The molecule has 1 spiro atoms. The van der Waals surface area contributed by atoms with Crippen molar-refractivity contribution in [2.45, 2.75) is 19.3 Å². The van der Waals surface area contributed by atoms with E-state index in [4.69, 9.17) is 4.74 Å². The van der Waals surface area contributed by atoms with Crippen LogP contribution in [0.5, 0.6) is 0 Å². The van der Waals surface area contributed by atoms with Gasteiger partial charge in [0.1, 0.15) is 5.76 Å². The second-order valence-electron chi connectivity index (χ2n) is 4.03. The molecule has 2 nitrogen and oxygen atoms in total.